The molecule has 0 aliphatic rings. The van der Waals surface area contributed by atoms with Crippen molar-refractivity contribution in [3.05, 3.63) is 24.3 Å². The molecular formula is C42H80NO8P. The molecule has 0 saturated carbocycles. The molecule has 306 valence electrons. The monoisotopic (exact) mass is 758 g/mol. The van der Waals surface area contributed by atoms with Gasteiger partial charge in [0.25, 0.3) is 7.82 Å². The fraction of sp³-hybridized carbons (Fsp3) is 0.857. The number of esters is 2. The van der Waals surface area contributed by atoms with Crippen molar-refractivity contribution in [2.75, 3.05) is 47.5 Å². The third-order valence-electron chi connectivity index (χ3n) is 8.94. The summed E-state index contributed by atoms with van der Waals surface area (Å²) in [6.07, 6.45) is 36.4. The Bertz CT molecular complexity index is 949. The number of likely N-dealkylation sites (N-methyl/N-ethyl adjacent to an activating group) is 1. The van der Waals surface area contributed by atoms with Crippen molar-refractivity contribution in [2.45, 2.75) is 187 Å². The highest BCUT2D eigenvalue weighted by Crippen LogP contribution is 2.38. The van der Waals surface area contributed by atoms with E-state index in [9.17, 15) is 19.0 Å². The normalized spacial score (nSPS) is 13.9. The molecule has 0 spiro atoms. The molecule has 0 aromatic carbocycles. The van der Waals surface area contributed by atoms with E-state index < -0.39 is 32.5 Å². The maximum atomic E-state index is 12.6. The van der Waals surface area contributed by atoms with Crippen molar-refractivity contribution in [3.8, 4) is 0 Å². The van der Waals surface area contributed by atoms with Crippen molar-refractivity contribution in [1.82, 2.24) is 0 Å². The number of carbonyl (C=O) groups excluding carboxylic acids is 2. The summed E-state index contributed by atoms with van der Waals surface area (Å²) in [6, 6.07) is 0. The molecule has 0 saturated heterocycles. The lowest BCUT2D eigenvalue weighted by molar-refractivity contribution is -0.870. The summed E-state index contributed by atoms with van der Waals surface area (Å²) in [7, 11) is 1.15. The van der Waals surface area contributed by atoms with Crippen LogP contribution in [0.1, 0.15) is 181 Å². The van der Waals surface area contributed by atoms with Crippen LogP contribution >= 0.6 is 7.82 Å². The van der Waals surface area contributed by atoms with Gasteiger partial charge >= 0.3 is 11.9 Å². The summed E-state index contributed by atoms with van der Waals surface area (Å²) in [4.78, 5) is 37.4. The van der Waals surface area contributed by atoms with E-state index in [0.29, 0.717) is 23.9 Å². The minimum absolute atomic E-state index is 0.0353. The Labute approximate surface area is 319 Å². The van der Waals surface area contributed by atoms with E-state index >= 15 is 0 Å². The number of unbranched alkanes of at least 4 members (excludes halogenated alkanes) is 20. The molecule has 0 heterocycles. The molecule has 0 radical (unpaired) electrons. The summed E-state index contributed by atoms with van der Waals surface area (Å²) in [5, 5.41) is 0. The highest BCUT2D eigenvalue weighted by molar-refractivity contribution is 7.45. The van der Waals surface area contributed by atoms with Gasteiger partial charge in [0.05, 0.1) is 27.7 Å². The second-order valence-electron chi connectivity index (χ2n) is 15.3. The zero-order valence-electron chi connectivity index (χ0n) is 34.3. The third-order valence-corrected chi connectivity index (χ3v) is 9.91. The Hall–Kier alpha value is -1.51. The molecular weight excluding hydrogens is 677 g/mol. The number of nitrogens with zero attached hydrogens (tertiary/aromatic N) is 1. The van der Waals surface area contributed by atoms with Crippen molar-refractivity contribution in [3.63, 3.8) is 0 Å². The summed E-state index contributed by atoms with van der Waals surface area (Å²) in [5.74, 6) is -0.877. The lowest BCUT2D eigenvalue weighted by Crippen LogP contribution is -2.37. The molecule has 9 nitrogen and oxygen atoms in total. The molecule has 0 fully saturated rings. The maximum Gasteiger partial charge on any atom is 0.306 e. The largest absolute Gasteiger partial charge is 0.756 e. The van der Waals surface area contributed by atoms with Crippen LogP contribution in [0.2, 0.25) is 0 Å². The molecule has 0 aromatic rings. The number of quaternary nitrogens is 1. The highest BCUT2D eigenvalue weighted by atomic mass is 31.2. The minimum atomic E-state index is -4.63. The molecule has 10 heteroatoms. The number of phosphoric acid groups is 1. The first kappa shape index (κ1) is 50.5. The van der Waals surface area contributed by atoms with Crippen LogP contribution in [-0.2, 0) is 32.7 Å². The number of rotatable bonds is 38. The fourth-order valence-corrected chi connectivity index (χ4v) is 6.31. The van der Waals surface area contributed by atoms with Gasteiger partial charge < -0.3 is 27.9 Å². The van der Waals surface area contributed by atoms with E-state index in [2.05, 4.69) is 38.2 Å². The van der Waals surface area contributed by atoms with Gasteiger partial charge in [-0.3, -0.25) is 14.2 Å². The fourth-order valence-electron chi connectivity index (χ4n) is 5.58. The number of carbonyl (C=O) groups is 2. The van der Waals surface area contributed by atoms with E-state index in [1.54, 1.807) is 0 Å². The number of hydrogen-bond donors (Lipinski definition) is 0. The molecule has 0 aliphatic carbocycles. The molecule has 0 aromatic heterocycles. The van der Waals surface area contributed by atoms with Crippen LogP contribution in [0, 0.1) is 0 Å². The van der Waals surface area contributed by atoms with E-state index in [0.717, 1.165) is 44.9 Å². The second kappa shape index (κ2) is 35.2. The van der Waals surface area contributed by atoms with Crippen molar-refractivity contribution in [2.24, 2.45) is 0 Å². The van der Waals surface area contributed by atoms with Crippen molar-refractivity contribution >= 4 is 19.8 Å². The van der Waals surface area contributed by atoms with E-state index in [-0.39, 0.29) is 26.1 Å². The molecule has 0 aliphatic heterocycles. The quantitative estimate of drug-likeness (QED) is 0.0201. The molecule has 0 bridgehead atoms. The Morgan fingerprint density at radius 3 is 1.46 bits per heavy atom. The van der Waals surface area contributed by atoms with E-state index in [4.69, 9.17) is 18.5 Å². The van der Waals surface area contributed by atoms with Crippen LogP contribution in [0.25, 0.3) is 0 Å². The van der Waals surface area contributed by atoms with Gasteiger partial charge in [0, 0.05) is 12.8 Å². The summed E-state index contributed by atoms with van der Waals surface area (Å²) in [6.45, 7) is 4.17. The molecule has 0 amide bonds. The Morgan fingerprint density at radius 2 is 0.981 bits per heavy atom. The number of phosphoric ester groups is 1. The molecule has 52 heavy (non-hydrogen) atoms. The Morgan fingerprint density at radius 1 is 0.577 bits per heavy atom. The first-order valence-electron chi connectivity index (χ1n) is 21.0. The standard InChI is InChI=1S/C42H80NO8P/c1-6-8-10-12-14-16-18-20-21-23-24-26-28-30-32-34-41(44)48-38-40(39-50-52(46,47)49-37-36-43(3,4)5)51-42(45)35-33-31-29-27-25-22-19-17-15-13-11-9-7-2/h22,24-26,40H,6-21,23,27-39H2,1-5H3/b25-22+,26-24+/t40-/m1/s1. The Balaban J connectivity index is 4.43. The molecule has 2 atom stereocenters. The van der Waals surface area contributed by atoms with Crippen LogP contribution in [-0.4, -0.2) is 70.0 Å². The first-order chi connectivity index (χ1) is 25.0. The molecule has 0 rings (SSSR count). The third kappa shape index (κ3) is 38.2. The lowest BCUT2D eigenvalue weighted by Gasteiger charge is -2.28. The number of hydrogen-bond acceptors (Lipinski definition) is 8. The van der Waals surface area contributed by atoms with Crippen LogP contribution in [0.3, 0.4) is 0 Å². The first-order valence-corrected chi connectivity index (χ1v) is 22.5. The second-order valence-corrected chi connectivity index (χ2v) is 16.8. The highest BCUT2D eigenvalue weighted by Gasteiger charge is 2.21. The smallest absolute Gasteiger partial charge is 0.306 e. The number of ether oxygens (including phenoxy) is 2. The van der Waals surface area contributed by atoms with Crippen LogP contribution in [0.15, 0.2) is 24.3 Å². The van der Waals surface area contributed by atoms with Gasteiger partial charge in [-0.25, -0.2) is 0 Å². The van der Waals surface area contributed by atoms with Crippen LogP contribution < -0.4 is 4.89 Å². The average Bonchev–Trinajstić information content (AvgIpc) is 3.09. The zero-order chi connectivity index (χ0) is 38.6. The summed E-state index contributed by atoms with van der Waals surface area (Å²) < 4.78 is 33.8. The van der Waals surface area contributed by atoms with Crippen molar-refractivity contribution < 1.29 is 42.1 Å². The SMILES string of the molecule is CCCCCCCC/C=C/CCCCCC(=O)O[C@H](COC(=O)CCCC/C=C/CCCCCCCCCCC)COP(=O)([O-])OCC[N+](C)(C)C. The van der Waals surface area contributed by atoms with Crippen molar-refractivity contribution in [1.29, 1.82) is 0 Å². The number of allylic oxidation sites excluding steroid dienone is 4. The zero-order valence-corrected chi connectivity index (χ0v) is 35.2. The van der Waals surface area contributed by atoms with Crippen LogP contribution in [0.4, 0.5) is 0 Å². The minimum Gasteiger partial charge on any atom is -0.756 e. The van der Waals surface area contributed by atoms with Gasteiger partial charge in [-0.1, -0.05) is 128 Å². The predicted molar refractivity (Wildman–Crippen MR) is 213 cm³/mol. The van der Waals surface area contributed by atoms with Gasteiger partial charge in [0.15, 0.2) is 6.10 Å². The van der Waals surface area contributed by atoms with Gasteiger partial charge in [0.1, 0.15) is 19.8 Å². The van der Waals surface area contributed by atoms with Gasteiger partial charge in [-0.15, -0.1) is 0 Å². The summed E-state index contributed by atoms with van der Waals surface area (Å²) >= 11 is 0. The maximum absolute atomic E-state index is 12.6. The average molecular weight is 758 g/mol. The topological polar surface area (TPSA) is 111 Å². The lowest BCUT2D eigenvalue weighted by atomic mass is 10.1. The Kier molecular flexibility index (Phi) is 34.2. The van der Waals surface area contributed by atoms with Crippen LogP contribution in [0.5, 0.6) is 0 Å². The summed E-state index contributed by atoms with van der Waals surface area (Å²) in [5.41, 5.74) is 0. The van der Waals surface area contributed by atoms with E-state index in [1.807, 2.05) is 21.1 Å². The molecule has 1 unspecified atom stereocenters. The van der Waals surface area contributed by atoms with Gasteiger partial charge in [-0.2, -0.15) is 0 Å². The van der Waals surface area contributed by atoms with Gasteiger partial charge in [-0.05, 0) is 64.2 Å². The van der Waals surface area contributed by atoms with Gasteiger partial charge in [0.2, 0.25) is 0 Å². The molecule has 0 N–H and O–H groups in total. The predicted octanol–water partition coefficient (Wildman–Crippen LogP) is 10.9. The van der Waals surface area contributed by atoms with E-state index in [1.165, 1.54) is 96.3 Å².